The number of rotatable bonds is 4. The Balaban J connectivity index is 2.07. The van der Waals surface area contributed by atoms with Crippen molar-refractivity contribution in [1.29, 1.82) is 0 Å². The highest BCUT2D eigenvalue weighted by atomic mass is 16.6. The highest BCUT2D eigenvalue weighted by Crippen LogP contribution is 2.16. The van der Waals surface area contributed by atoms with Crippen molar-refractivity contribution in [2.75, 3.05) is 13.1 Å². The van der Waals surface area contributed by atoms with Crippen LogP contribution < -0.4 is 0 Å². The lowest BCUT2D eigenvalue weighted by Crippen LogP contribution is -2.52. The van der Waals surface area contributed by atoms with Gasteiger partial charge in [0.1, 0.15) is 18.0 Å². The molecule has 2 amide bonds. The van der Waals surface area contributed by atoms with Gasteiger partial charge in [-0.05, 0) is 34.1 Å². The van der Waals surface area contributed by atoms with Crippen LogP contribution in [0.4, 0.5) is 4.79 Å². The summed E-state index contributed by atoms with van der Waals surface area (Å²) in [5, 5.41) is 7.89. The Morgan fingerprint density at radius 1 is 1.38 bits per heavy atom. The Bertz CT molecular complexity index is 593. The summed E-state index contributed by atoms with van der Waals surface area (Å²) in [6, 6.07) is -0.575. The summed E-state index contributed by atoms with van der Waals surface area (Å²) in [5.41, 5.74) is -0.590. The first-order valence-electron chi connectivity index (χ1n) is 8.38. The van der Waals surface area contributed by atoms with Gasteiger partial charge in [-0.25, -0.2) is 4.79 Å². The van der Waals surface area contributed by atoms with Crippen LogP contribution in [0, 0.1) is 0 Å². The summed E-state index contributed by atoms with van der Waals surface area (Å²) in [6.45, 7) is 11.3. The number of hydrogen-bond donors (Lipinski definition) is 0. The van der Waals surface area contributed by atoms with E-state index in [0.717, 1.165) is 12.2 Å². The molecule has 0 aromatic carbocycles. The van der Waals surface area contributed by atoms with Gasteiger partial charge < -0.3 is 14.2 Å². The second-order valence-electron chi connectivity index (χ2n) is 7.05. The third-order valence-electron chi connectivity index (χ3n) is 3.87. The van der Waals surface area contributed by atoms with E-state index in [9.17, 15) is 9.59 Å². The molecule has 1 unspecified atom stereocenters. The molecule has 1 atom stereocenters. The van der Waals surface area contributed by atoms with E-state index >= 15 is 0 Å². The van der Waals surface area contributed by atoms with Gasteiger partial charge in [0.15, 0.2) is 5.82 Å². The fourth-order valence-electron chi connectivity index (χ4n) is 2.66. The van der Waals surface area contributed by atoms with Crippen LogP contribution in [-0.2, 0) is 22.6 Å². The van der Waals surface area contributed by atoms with Gasteiger partial charge >= 0.3 is 6.09 Å². The van der Waals surface area contributed by atoms with Crippen molar-refractivity contribution < 1.29 is 14.3 Å². The van der Waals surface area contributed by atoms with Crippen LogP contribution >= 0.6 is 0 Å². The predicted octanol–water partition coefficient (Wildman–Crippen LogP) is 1.66. The number of carbonyl (C=O) groups is 2. The minimum absolute atomic E-state index is 0.0939. The topological polar surface area (TPSA) is 80.6 Å². The van der Waals surface area contributed by atoms with Crippen LogP contribution in [0.5, 0.6) is 0 Å². The maximum atomic E-state index is 12.8. The molecule has 0 aliphatic carbocycles. The lowest BCUT2D eigenvalue weighted by molar-refractivity contribution is -0.138. The summed E-state index contributed by atoms with van der Waals surface area (Å²) in [6.07, 6.45) is 1.97. The monoisotopic (exact) mass is 337 g/mol. The lowest BCUT2D eigenvalue weighted by Gasteiger charge is -2.35. The number of amides is 2. The summed E-state index contributed by atoms with van der Waals surface area (Å²) in [4.78, 5) is 28.5. The Morgan fingerprint density at radius 3 is 2.71 bits per heavy atom. The first-order chi connectivity index (χ1) is 11.2. The lowest BCUT2D eigenvalue weighted by atomic mass is 10.2. The quantitative estimate of drug-likeness (QED) is 0.834. The zero-order valence-corrected chi connectivity index (χ0v) is 15.2. The molecule has 2 rings (SSSR count). The highest BCUT2D eigenvalue weighted by Gasteiger charge is 2.33. The molecule has 134 valence electrons. The van der Waals surface area contributed by atoms with Gasteiger partial charge in [0.2, 0.25) is 5.91 Å². The van der Waals surface area contributed by atoms with Crippen molar-refractivity contribution in [3.8, 4) is 0 Å². The Kier molecular flexibility index (Phi) is 5.46. The first kappa shape index (κ1) is 18.2. The molecule has 0 radical (unpaired) electrons. The fraction of sp³-hybridized carbons (Fsp3) is 0.750. The molecule has 0 N–H and O–H groups in total. The van der Waals surface area contributed by atoms with E-state index in [2.05, 4.69) is 10.2 Å². The highest BCUT2D eigenvalue weighted by molar-refractivity contribution is 5.85. The molecule has 0 saturated carbocycles. The minimum Gasteiger partial charge on any atom is -0.444 e. The number of nitrogens with zero attached hydrogens (tertiary/aromatic N) is 5. The van der Waals surface area contributed by atoms with E-state index in [0.29, 0.717) is 26.2 Å². The van der Waals surface area contributed by atoms with Crippen molar-refractivity contribution in [1.82, 2.24) is 24.6 Å². The van der Waals surface area contributed by atoms with E-state index < -0.39 is 17.7 Å². The predicted molar refractivity (Wildman–Crippen MR) is 88.1 cm³/mol. The molecular weight excluding hydrogens is 310 g/mol. The maximum absolute atomic E-state index is 12.8. The zero-order chi connectivity index (χ0) is 17.9. The van der Waals surface area contributed by atoms with Crippen molar-refractivity contribution in [2.45, 2.75) is 65.8 Å². The molecular formula is C16H27N5O3. The molecule has 2 heterocycles. The molecule has 1 aliphatic rings. The van der Waals surface area contributed by atoms with Crippen molar-refractivity contribution >= 4 is 12.0 Å². The molecule has 1 aliphatic heterocycles. The molecule has 8 nitrogen and oxygen atoms in total. The summed E-state index contributed by atoms with van der Waals surface area (Å²) in [5.74, 6) is 0.671. The molecule has 0 spiro atoms. The van der Waals surface area contributed by atoms with Gasteiger partial charge in [-0.2, -0.15) is 0 Å². The van der Waals surface area contributed by atoms with Crippen LogP contribution in [0.25, 0.3) is 0 Å². The molecule has 0 bridgehead atoms. The second-order valence-corrected chi connectivity index (χ2v) is 7.05. The average molecular weight is 337 g/mol. The summed E-state index contributed by atoms with van der Waals surface area (Å²) >= 11 is 0. The van der Waals surface area contributed by atoms with Crippen LogP contribution in [-0.4, -0.2) is 61.3 Å². The third-order valence-corrected chi connectivity index (χ3v) is 3.87. The standard InChI is InChI=1S/C16H27N5O3/c1-6-7-21(15(23)24-16(3,4)5)12(2)14(22)19-8-9-20-11-17-18-13(20)10-19/h11-12H,6-10H2,1-5H3. The van der Waals surface area contributed by atoms with E-state index in [4.69, 9.17) is 4.74 Å². The van der Waals surface area contributed by atoms with Crippen molar-refractivity contribution in [3.63, 3.8) is 0 Å². The van der Waals surface area contributed by atoms with Crippen LogP contribution in [0.2, 0.25) is 0 Å². The largest absolute Gasteiger partial charge is 0.444 e. The Hall–Kier alpha value is -2.12. The SMILES string of the molecule is CCCN(C(=O)OC(C)(C)C)C(C)C(=O)N1CCn2cnnc2C1. The maximum Gasteiger partial charge on any atom is 0.410 e. The van der Waals surface area contributed by atoms with Crippen molar-refractivity contribution in [2.24, 2.45) is 0 Å². The smallest absolute Gasteiger partial charge is 0.410 e. The van der Waals surface area contributed by atoms with E-state index in [1.807, 2.05) is 32.3 Å². The minimum atomic E-state index is -0.590. The van der Waals surface area contributed by atoms with Gasteiger partial charge in [-0.3, -0.25) is 9.69 Å². The third kappa shape index (κ3) is 4.24. The molecule has 1 aromatic heterocycles. The van der Waals surface area contributed by atoms with Crippen molar-refractivity contribution in [3.05, 3.63) is 12.2 Å². The van der Waals surface area contributed by atoms with Gasteiger partial charge in [0.25, 0.3) is 0 Å². The summed E-state index contributed by atoms with van der Waals surface area (Å²) < 4.78 is 7.38. The number of aromatic nitrogens is 3. The first-order valence-corrected chi connectivity index (χ1v) is 8.38. The Labute approximate surface area is 142 Å². The molecule has 0 saturated heterocycles. The number of carbonyl (C=O) groups excluding carboxylic acids is 2. The Morgan fingerprint density at radius 2 is 2.08 bits per heavy atom. The van der Waals surface area contributed by atoms with E-state index in [1.165, 1.54) is 4.90 Å². The van der Waals surface area contributed by atoms with Crippen LogP contribution in [0.3, 0.4) is 0 Å². The van der Waals surface area contributed by atoms with E-state index in [-0.39, 0.29) is 5.91 Å². The second kappa shape index (κ2) is 7.19. The average Bonchev–Trinajstić information content (AvgIpc) is 2.96. The number of hydrogen-bond acceptors (Lipinski definition) is 5. The molecule has 1 aromatic rings. The van der Waals surface area contributed by atoms with Crippen LogP contribution in [0.1, 0.15) is 46.9 Å². The van der Waals surface area contributed by atoms with Crippen LogP contribution in [0.15, 0.2) is 6.33 Å². The number of ether oxygens (including phenoxy) is 1. The number of fused-ring (bicyclic) bond motifs is 1. The van der Waals surface area contributed by atoms with Gasteiger partial charge in [0, 0.05) is 19.6 Å². The van der Waals surface area contributed by atoms with Gasteiger partial charge in [0.05, 0.1) is 6.54 Å². The van der Waals surface area contributed by atoms with Gasteiger partial charge in [-0.15, -0.1) is 10.2 Å². The normalized spacial score (nSPS) is 15.6. The fourth-order valence-corrected chi connectivity index (χ4v) is 2.66. The zero-order valence-electron chi connectivity index (χ0n) is 15.2. The molecule has 0 fully saturated rings. The molecule has 24 heavy (non-hydrogen) atoms. The summed E-state index contributed by atoms with van der Waals surface area (Å²) in [7, 11) is 0. The van der Waals surface area contributed by atoms with E-state index in [1.54, 1.807) is 18.2 Å². The molecule has 8 heteroatoms. The van der Waals surface area contributed by atoms with Gasteiger partial charge in [-0.1, -0.05) is 6.92 Å².